The van der Waals surface area contributed by atoms with Crippen LogP contribution in [-0.4, -0.2) is 22.0 Å². The molecule has 150 valence electrons. The first-order valence-electron chi connectivity index (χ1n) is 8.59. The van der Waals surface area contributed by atoms with Crippen LogP contribution in [0.4, 0.5) is 24.5 Å². The Labute approximate surface area is 170 Å². The maximum atomic E-state index is 13.6. The normalized spacial score (nSPS) is 10.5. The largest absolute Gasteiger partial charge is 0.361 e. The van der Waals surface area contributed by atoms with Crippen molar-refractivity contribution in [1.82, 2.24) is 20.3 Å². The minimum Gasteiger partial charge on any atom is -0.361 e. The van der Waals surface area contributed by atoms with Crippen molar-refractivity contribution in [3.8, 4) is 0 Å². The highest BCUT2D eigenvalue weighted by Crippen LogP contribution is 2.27. The molecule has 4 aromatic rings. The lowest BCUT2D eigenvalue weighted by Crippen LogP contribution is -2.04. The number of nitrogens with one attached hydrogen (secondary N) is 3. The van der Waals surface area contributed by atoms with E-state index in [1.807, 2.05) is 31.4 Å². The van der Waals surface area contributed by atoms with Crippen LogP contribution in [0.1, 0.15) is 5.56 Å². The molecule has 9 heteroatoms. The van der Waals surface area contributed by atoms with Gasteiger partial charge in [-0.1, -0.05) is 6.07 Å². The van der Waals surface area contributed by atoms with Crippen molar-refractivity contribution in [2.24, 2.45) is 0 Å². The van der Waals surface area contributed by atoms with Crippen LogP contribution in [0.25, 0.3) is 10.9 Å². The number of hydrogen-bond acceptors (Lipinski definition) is 5. The van der Waals surface area contributed by atoms with E-state index in [2.05, 4.69) is 38.2 Å². The molecule has 0 unspecified atom stereocenters. The fourth-order valence-corrected chi connectivity index (χ4v) is 2.81. The van der Waals surface area contributed by atoms with Crippen molar-refractivity contribution in [1.29, 1.82) is 0 Å². The number of thiol groups is 1. The van der Waals surface area contributed by atoms with Crippen molar-refractivity contribution in [3.05, 3.63) is 78.3 Å². The summed E-state index contributed by atoms with van der Waals surface area (Å²) >= 11 is 4.02. The van der Waals surface area contributed by atoms with Gasteiger partial charge >= 0.3 is 0 Å². The van der Waals surface area contributed by atoms with Crippen LogP contribution in [0, 0.1) is 17.6 Å². The Morgan fingerprint density at radius 3 is 2.62 bits per heavy atom. The zero-order valence-electron chi connectivity index (χ0n) is 15.4. The third-order valence-electron chi connectivity index (χ3n) is 3.98. The highest BCUT2D eigenvalue weighted by atomic mass is 32.1. The molecule has 0 aliphatic heterocycles. The van der Waals surface area contributed by atoms with Crippen LogP contribution in [0.15, 0.2) is 60.0 Å². The van der Waals surface area contributed by atoms with E-state index >= 15 is 0 Å². The van der Waals surface area contributed by atoms with Gasteiger partial charge in [-0.3, -0.25) is 4.98 Å². The summed E-state index contributed by atoms with van der Waals surface area (Å²) in [5.41, 5.74) is 1.77. The molecule has 0 atom stereocenters. The first kappa shape index (κ1) is 20.7. The van der Waals surface area contributed by atoms with Gasteiger partial charge < -0.3 is 15.6 Å². The van der Waals surface area contributed by atoms with E-state index in [0.717, 1.165) is 21.4 Å². The summed E-state index contributed by atoms with van der Waals surface area (Å²) < 4.78 is 40.3. The predicted octanol–water partition coefficient (Wildman–Crippen LogP) is 4.81. The lowest BCUT2D eigenvalue weighted by atomic mass is 10.1. The molecule has 0 saturated carbocycles. The number of benzene rings is 1. The van der Waals surface area contributed by atoms with Gasteiger partial charge in [-0.2, -0.15) is 8.78 Å². The summed E-state index contributed by atoms with van der Waals surface area (Å²) in [6, 6.07) is 8.94. The number of anilines is 2. The second-order valence-electron chi connectivity index (χ2n) is 6.03. The van der Waals surface area contributed by atoms with Crippen molar-refractivity contribution in [2.75, 3.05) is 12.4 Å². The maximum Gasteiger partial charge on any atom is 0.251 e. The van der Waals surface area contributed by atoms with Crippen molar-refractivity contribution >= 4 is 34.9 Å². The van der Waals surface area contributed by atoms with Crippen LogP contribution in [0.2, 0.25) is 0 Å². The predicted molar refractivity (Wildman–Crippen MR) is 110 cm³/mol. The molecule has 3 N–H and O–H groups in total. The van der Waals surface area contributed by atoms with Gasteiger partial charge in [0.25, 0.3) is 5.95 Å². The van der Waals surface area contributed by atoms with E-state index in [9.17, 15) is 13.2 Å². The van der Waals surface area contributed by atoms with Crippen LogP contribution >= 0.6 is 12.6 Å². The molecule has 0 amide bonds. The van der Waals surface area contributed by atoms with E-state index in [1.54, 1.807) is 24.5 Å². The van der Waals surface area contributed by atoms with E-state index < -0.39 is 23.3 Å². The quantitative estimate of drug-likeness (QED) is 0.284. The molecule has 0 bridgehead atoms. The van der Waals surface area contributed by atoms with Crippen LogP contribution in [-0.2, 0) is 6.54 Å². The van der Waals surface area contributed by atoms with Crippen LogP contribution in [0.3, 0.4) is 0 Å². The summed E-state index contributed by atoms with van der Waals surface area (Å²) in [6.07, 6.45) is 5.92. The Bertz CT molecular complexity index is 1100. The number of halogens is 3. The van der Waals surface area contributed by atoms with Gasteiger partial charge in [0.05, 0.1) is 6.20 Å². The number of aromatic nitrogens is 3. The number of hydrogen-bond donors (Lipinski definition) is 4. The van der Waals surface area contributed by atoms with E-state index in [-0.39, 0.29) is 0 Å². The number of rotatable bonds is 4. The molecule has 0 spiro atoms. The summed E-state index contributed by atoms with van der Waals surface area (Å²) in [6.45, 7) is 0.700. The molecule has 0 fully saturated rings. The third kappa shape index (κ3) is 5.07. The van der Waals surface area contributed by atoms with Gasteiger partial charge in [0, 0.05) is 46.6 Å². The smallest absolute Gasteiger partial charge is 0.251 e. The van der Waals surface area contributed by atoms with E-state index in [4.69, 9.17) is 0 Å². The zero-order chi connectivity index (χ0) is 20.8. The molecule has 0 saturated heterocycles. The highest BCUT2D eigenvalue weighted by molar-refractivity contribution is 7.80. The molecule has 29 heavy (non-hydrogen) atoms. The fraction of sp³-hybridized carbons (Fsp3) is 0.100. The summed E-state index contributed by atoms with van der Waals surface area (Å²) in [7, 11) is 1.85. The van der Waals surface area contributed by atoms with Gasteiger partial charge in [-0.15, -0.1) is 12.6 Å². The lowest BCUT2D eigenvalue weighted by Gasteiger charge is -2.09. The minimum absolute atomic E-state index is 0.439. The number of H-pyrrole nitrogens is 1. The number of nitrogens with zero attached hydrogens (tertiary/aromatic N) is 2. The molecule has 3 aromatic heterocycles. The Morgan fingerprint density at radius 1 is 1.14 bits per heavy atom. The molecule has 4 rings (SSSR count). The Kier molecular flexibility index (Phi) is 6.73. The molecular formula is C20H18F3N5S. The number of pyridine rings is 2. The number of aromatic amines is 1. The fourth-order valence-electron chi connectivity index (χ4n) is 2.66. The second-order valence-corrected chi connectivity index (χ2v) is 6.54. The zero-order valence-corrected chi connectivity index (χ0v) is 16.3. The maximum absolute atomic E-state index is 13.6. The first-order valence-corrected chi connectivity index (χ1v) is 9.04. The Balaban J connectivity index is 0.000000290. The monoisotopic (exact) mass is 417 g/mol. The average molecular weight is 417 g/mol. The molecule has 1 aromatic carbocycles. The van der Waals surface area contributed by atoms with Crippen molar-refractivity contribution in [3.63, 3.8) is 0 Å². The summed E-state index contributed by atoms with van der Waals surface area (Å²) in [4.78, 5) is 10.8. The SMILES string of the molecule is CNCc1c[nH]c2cc(Nc3c(F)cnc(F)c3F)ccc12.Sc1cccnc1. The van der Waals surface area contributed by atoms with Crippen LogP contribution in [0.5, 0.6) is 0 Å². The molecule has 0 aliphatic rings. The second kappa shape index (κ2) is 9.44. The first-order chi connectivity index (χ1) is 14.0. The van der Waals surface area contributed by atoms with Gasteiger partial charge in [0.15, 0.2) is 5.82 Å². The minimum atomic E-state index is -1.35. The molecule has 0 radical (unpaired) electrons. The summed E-state index contributed by atoms with van der Waals surface area (Å²) in [5, 5.41) is 6.61. The standard InChI is InChI=1S/C15H13F3N4.C5H5NS/c1-19-5-8-6-20-12-4-9(2-3-10(8)12)22-14-11(16)7-21-15(18)13(14)17;7-5-2-1-3-6-4-5/h2-4,6-7,19-20H,5H2,1H3,(H,21,22);1-4,7H. The van der Waals surface area contributed by atoms with Crippen molar-refractivity contribution in [2.45, 2.75) is 11.4 Å². The molecular weight excluding hydrogens is 399 g/mol. The lowest BCUT2D eigenvalue weighted by molar-refractivity contribution is 0.469. The molecule has 5 nitrogen and oxygen atoms in total. The van der Waals surface area contributed by atoms with Gasteiger partial charge in [0.1, 0.15) is 5.69 Å². The molecule has 0 aliphatic carbocycles. The number of fused-ring (bicyclic) bond motifs is 1. The summed E-state index contributed by atoms with van der Waals surface area (Å²) in [5.74, 6) is -3.65. The van der Waals surface area contributed by atoms with Gasteiger partial charge in [-0.05, 0) is 36.9 Å². The topological polar surface area (TPSA) is 65.6 Å². The Hall–Kier alpha value is -3.04. The van der Waals surface area contributed by atoms with Gasteiger partial charge in [-0.25, -0.2) is 9.37 Å². The molecule has 3 heterocycles. The Morgan fingerprint density at radius 2 is 1.97 bits per heavy atom. The van der Waals surface area contributed by atoms with Crippen LogP contribution < -0.4 is 10.6 Å². The highest BCUT2D eigenvalue weighted by Gasteiger charge is 2.15. The third-order valence-corrected chi connectivity index (χ3v) is 4.25. The van der Waals surface area contributed by atoms with E-state index in [0.29, 0.717) is 18.4 Å². The van der Waals surface area contributed by atoms with E-state index in [1.165, 1.54) is 0 Å². The van der Waals surface area contributed by atoms with Gasteiger partial charge in [0.2, 0.25) is 5.82 Å². The van der Waals surface area contributed by atoms with Crippen molar-refractivity contribution < 1.29 is 13.2 Å². The average Bonchev–Trinajstić information content (AvgIpc) is 3.12.